The minimum Gasteiger partial charge on any atom is -0.357 e. The van der Waals surface area contributed by atoms with Crippen LogP contribution in [0.2, 0.25) is 0 Å². The van der Waals surface area contributed by atoms with Crippen molar-refractivity contribution >= 4 is 17.4 Å². The van der Waals surface area contributed by atoms with Gasteiger partial charge in [-0.05, 0) is 19.1 Å². The maximum absolute atomic E-state index is 11.3. The van der Waals surface area contributed by atoms with E-state index in [4.69, 9.17) is 0 Å². The highest BCUT2D eigenvalue weighted by molar-refractivity contribution is 6.38. The van der Waals surface area contributed by atoms with Gasteiger partial charge in [-0.25, -0.2) is 5.43 Å². The predicted octanol–water partition coefficient (Wildman–Crippen LogP) is 0.709. The molecule has 0 unspecified atom stereocenters. The number of carbonyl (C=O) groups is 2. The molecule has 0 aromatic carbocycles. The van der Waals surface area contributed by atoms with Crippen LogP contribution in [-0.4, -0.2) is 22.4 Å². The van der Waals surface area contributed by atoms with Crippen molar-refractivity contribution in [3.8, 4) is 0 Å². The molecule has 1 aromatic heterocycles. The highest BCUT2D eigenvalue weighted by Crippen LogP contribution is 1.93. The van der Waals surface area contributed by atoms with E-state index >= 15 is 0 Å². The molecule has 0 radical (unpaired) electrons. The molecule has 1 heterocycles. The normalized spacial score (nSPS) is 11.1. The summed E-state index contributed by atoms with van der Waals surface area (Å²) in [5, 5.41) is 3.63. The molecule has 1 amide bonds. The molecule has 5 heteroatoms. The van der Waals surface area contributed by atoms with Crippen molar-refractivity contribution in [1.82, 2.24) is 10.4 Å². The number of rotatable bonds is 3. The van der Waals surface area contributed by atoms with Crippen molar-refractivity contribution in [1.29, 1.82) is 0 Å². The van der Waals surface area contributed by atoms with E-state index in [2.05, 4.69) is 15.5 Å². The summed E-state index contributed by atoms with van der Waals surface area (Å²) in [5.74, 6) is -0.535. The number of ketones is 1. The molecular formula is C9H11N3O2. The second-order valence-corrected chi connectivity index (χ2v) is 2.78. The maximum atomic E-state index is 11.3. The summed E-state index contributed by atoms with van der Waals surface area (Å²) in [6.07, 6.45) is 1.64. The van der Waals surface area contributed by atoms with Crippen LogP contribution in [0.5, 0.6) is 0 Å². The SMILES string of the molecule is CC(=O)/C(C)=N/NC(=O)c1ccc[nH]1. The molecule has 1 aromatic rings. The number of hydrazone groups is 1. The van der Waals surface area contributed by atoms with Gasteiger partial charge in [0.05, 0.1) is 0 Å². The quantitative estimate of drug-likeness (QED) is 0.548. The number of hydrogen-bond donors (Lipinski definition) is 2. The highest BCUT2D eigenvalue weighted by atomic mass is 16.2. The maximum Gasteiger partial charge on any atom is 0.287 e. The Morgan fingerprint density at radius 2 is 2.14 bits per heavy atom. The summed E-state index contributed by atoms with van der Waals surface area (Å²) in [4.78, 5) is 24.7. The minimum atomic E-state index is -0.365. The number of nitrogens with one attached hydrogen (secondary N) is 2. The summed E-state index contributed by atoms with van der Waals surface area (Å²) in [7, 11) is 0. The average molecular weight is 193 g/mol. The Hall–Kier alpha value is -1.91. The second-order valence-electron chi connectivity index (χ2n) is 2.78. The topological polar surface area (TPSA) is 74.3 Å². The standard InChI is InChI=1S/C9H11N3O2/c1-6(7(2)13)11-12-9(14)8-4-3-5-10-8/h3-5,10H,1-2H3,(H,12,14)/b11-6+. The Kier molecular flexibility index (Phi) is 3.17. The lowest BCUT2D eigenvalue weighted by Gasteiger charge is -1.97. The third-order valence-electron chi connectivity index (χ3n) is 1.68. The van der Waals surface area contributed by atoms with Crippen LogP contribution < -0.4 is 5.43 Å². The summed E-state index contributed by atoms with van der Waals surface area (Å²) in [5.41, 5.74) is 2.94. The number of Topliss-reactive ketones (excluding diaryl/α,β-unsaturated/α-hetero) is 1. The number of aromatic nitrogens is 1. The molecule has 2 N–H and O–H groups in total. The van der Waals surface area contributed by atoms with E-state index in [1.807, 2.05) is 0 Å². The van der Waals surface area contributed by atoms with Crippen molar-refractivity contribution in [2.75, 3.05) is 0 Å². The van der Waals surface area contributed by atoms with E-state index in [0.717, 1.165) is 0 Å². The van der Waals surface area contributed by atoms with Gasteiger partial charge < -0.3 is 4.98 Å². The van der Waals surface area contributed by atoms with Gasteiger partial charge in [-0.3, -0.25) is 9.59 Å². The lowest BCUT2D eigenvalue weighted by molar-refractivity contribution is -0.111. The molecule has 0 spiro atoms. The lowest BCUT2D eigenvalue weighted by atomic mass is 10.3. The molecule has 0 bridgehead atoms. The zero-order chi connectivity index (χ0) is 10.6. The number of carbonyl (C=O) groups excluding carboxylic acids is 2. The number of nitrogens with zero attached hydrogens (tertiary/aromatic N) is 1. The van der Waals surface area contributed by atoms with E-state index < -0.39 is 0 Å². The number of H-pyrrole nitrogens is 1. The molecule has 0 aliphatic heterocycles. The fourth-order valence-corrected chi connectivity index (χ4v) is 0.745. The van der Waals surface area contributed by atoms with Crippen molar-refractivity contribution in [3.63, 3.8) is 0 Å². The van der Waals surface area contributed by atoms with Crippen molar-refractivity contribution in [2.24, 2.45) is 5.10 Å². The third-order valence-corrected chi connectivity index (χ3v) is 1.68. The molecular weight excluding hydrogens is 182 g/mol. The van der Waals surface area contributed by atoms with Gasteiger partial charge >= 0.3 is 0 Å². The van der Waals surface area contributed by atoms with Gasteiger partial charge in [0.15, 0.2) is 5.78 Å². The summed E-state index contributed by atoms with van der Waals surface area (Å²) in [6, 6.07) is 3.32. The van der Waals surface area contributed by atoms with E-state index in [1.165, 1.54) is 13.8 Å². The van der Waals surface area contributed by atoms with Crippen molar-refractivity contribution in [3.05, 3.63) is 24.0 Å². The van der Waals surface area contributed by atoms with Gasteiger partial charge in [-0.1, -0.05) is 0 Å². The van der Waals surface area contributed by atoms with Crippen LogP contribution in [0.25, 0.3) is 0 Å². The fourth-order valence-electron chi connectivity index (χ4n) is 0.745. The smallest absolute Gasteiger partial charge is 0.287 e. The van der Waals surface area contributed by atoms with Crippen LogP contribution in [0, 0.1) is 0 Å². The lowest BCUT2D eigenvalue weighted by Crippen LogP contribution is -2.21. The van der Waals surface area contributed by atoms with Crippen LogP contribution in [0.3, 0.4) is 0 Å². The molecule has 0 saturated heterocycles. The van der Waals surface area contributed by atoms with Crippen LogP contribution in [0.15, 0.2) is 23.4 Å². The van der Waals surface area contributed by atoms with E-state index in [0.29, 0.717) is 5.69 Å². The number of amides is 1. The molecule has 1 rings (SSSR count). The Bertz CT molecular complexity index is 365. The average Bonchev–Trinajstić information content (AvgIpc) is 2.66. The van der Waals surface area contributed by atoms with E-state index in [1.54, 1.807) is 18.3 Å². The molecule has 14 heavy (non-hydrogen) atoms. The molecule has 0 aliphatic carbocycles. The molecule has 5 nitrogen and oxygen atoms in total. The first-order valence-electron chi connectivity index (χ1n) is 4.10. The van der Waals surface area contributed by atoms with E-state index in [9.17, 15) is 9.59 Å². The second kappa shape index (κ2) is 4.36. The Morgan fingerprint density at radius 3 is 2.64 bits per heavy atom. The Labute approximate surface area is 81.2 Å². The minimum absolute atomic E-state index is 0.170. The van der Waals surface area contributed by atoms with Gasteiger partial charge in [0.2, 0.25) is 0 Å². The zero-order valence-electron chi connectivity index (χ0n) is 8.00. The fraction of sp³-hybridized carbons (Fsp3) is 0.222. The zero-order valence-corrected chi connectivity index (χ0v) is 8.00. The monoisotopic (exact) mass is 193 g/mol. The van der Waals surface area contributed by atoms with Gasteiger partial charge in [0.25, 0.3) is 5.91 Å². The van der Waals surface area contributed by atoms with Crippen LogP contribution in [0.4, 0.5) is 0 Å². The third kappa shape index (κ3) is 2.55. The first-order valence-corrected chi connectivity index (χ1v) is 4.10. The number of hydrogen-bond acceptors (Lipinski definition) is 3. The summed E-state index contributed by atoms with van der Waals surface area (Å²) < 4.78 is 0. The van der Waals surface area contributed by atoms with Gasteiger partial charge in [0, 0.05) is 13.1 Å². The predicted molar refractivity (Wildman–Crippen MR) is 52.0 cm³/mol. The van der Waals surface area contributed by atoms with Crippen molar-refractivity contribution in [2.45, 2.75) is 13.8 Å². The Morgan fingerprint density at radius 1 is 1.43 bits per heavy atom. The van der Waals surface area contributed by atoms with Crippen molar-refractivity contribution < 1.29 is 9.59 Å². The molecule has 0 aliphatic rings. The highest BCUT2D eigenvalue weighted by Gasteiger charge is 2.04. The summed E-state index contributed by atoms with van der Waals surface area (Å²) >= 11 is 0. The van der Waals surface area contributed by atoms with Crippen LogP contribution >= 0.6 is 0 Å². The number of aromatic amines is 1. The molecule has 0 atom stereocenters. The van der Waals surface area contributed by atoms with E-state index in [-0.39, 0.29) is 17.4 Å². The Balaban J connectivity index is 2.59. The molecule has 0 saturated carbocycles. The van der Waals surface area contributed by atoms with Gasteiger partial charge in [-0.15, -0.1) is 0 Å². The first kappa shape index (κ1) is 10.2. The van der Waals surface area contributed by atoms with Crippen LogP contribution in [0.1, 0.15) is 24.3 Å². The molecule has 74 valence electrons. The first-order chi connectivity index (χ1) is 6.61. The summed E-state index contributed by atoms with van der Waals surface area (Å²) in [6.45, 7) is 2.93. The van der Waals surface area contributed by atoms with Gasteiger partial charge in [0.1, 0.15) is 11.4 Å². The molecule has 0 fully saturated rings. The largest absolute Gasteiger partial charge is 0.357 e. The van der Waals surface area contributed by atoms with Crippen LogP contribution in [-0.2, 0) is 4.79 Å². The van der Waals surface area contributed by atoms with Gasteiger partial charge in [-0.2, -0.15) is 5.10 Å².